The highest BCUT2D eigenvalue weighted by Gasteiger charge is 2.22. The van der Waals surface area contributed by atoms with Crippen molar-refractivity contribution in [3.63, 3.8) is 0 Å². The summed E-state index contributed by atoms with van der Waals surface area (Å²) in [5.41, 5.74) is 2.93. The van der Waals surface area contributed by atoms with Crippen molar-refractivity contribution < 1.29 is 14.7 Å². The van der Waals surface area contributed by atoms with Gasteiger partial charge >= 0.3 is 0 Å². The Kier molecular flexibility index (Phi) is 7.51. The number of anilines is 1. The van der Waals surface area contributed by atoms with Gasteiger partial charge in [0.25, 0.3) is 5.91 Å². The number of fused-ring (bicyclic) bond motifs is 1. The molecular weight excluding hydrogens is 420 g/mol. The third kappa shape index (κ3) is 6.27. The van der Waals surface area contributed by atoms with Crippen molar-refractivity contribution in [1.82, 2.24) is 25.1 Å². The van der Waals surface area contributed by atoms with Gasteiger partial charge in [0.1, 0.15) is 17.8 Å². The van der Waals surface area contributed by atoms with Crippen LogP contribution in [0.15, 0.2) is 36.7 Å². The van der Waals surface area contributed by atoms with Crippen molar-refractivity contribution in [1.29, 1.82) is 0 Å². The van der Waals surface area contributed by atoms with Crippen LogP contribution >= 0.6 is 0 Å². The number of piperidine rings is 1. The zero-order valence-corrected chi connectivity index (χ0v) is 19.0. The van der Waals surface area contributed by atoms with Crippen LogP contribution in [0.3, 0.4) is 0 Å². The Bertz CT molecular complexity index is 976. The molecule has 3 N–H and O–H groups in total. The largest absolute Gasteiger partial charge is 0.390 e. The van der Waals surface area contributed by atoms with Crippen LogP contribution in [0.4, 0.5) is 5.82 Å². The summed E-state index contributed by atoms with van der Waals surface area (Å²) in [4.78, 5) is 36.4. The number of aromatic nitrogens is 2. The number of nitrogens with zero attached hydrogens (tertiary/aromatic N) is 4. The maximum absolute atomic E-state index is 12.6. The molecule has 4 rings (SSSR count). The standard InChI is InChI=1S/C24H32N6O3/c1-17(31)30-10-7-20(8-11-30)28-23-12-22(26-16-27-23)24(33)25-13-21(32)15-29-9-6-18-4-2-3-5-19(18)14-29/h2-5,12,16,20-21,32H,6-11,13-15H2,1H3,(H,25,33)(H,26,27,28). The molecule has 1 saturated heterocycles. The lowest BCUT2D eigenvalue weighted by Gasteiger charge is -2.31. The molecule has 1 unspecified atom stereocenters. The summed E-state index contributed by atoms with van der Waals surface area (Å²) >= 11 is 0. The molecule has 9 heteroatoms. The van der Waals surface area contributed by atoms with Gasteiger partial charge in [-0.25, -0.2) is 9.97 Å². The van der Waals surface area contributed by atoms with Crippen molar-refractivity contribution in [2.24, 2.45) is 0 Å². The lowest BCUT2D eigenvalue weighted by atomic mass is 10.00. The number of likely N-dealkylation sites (tertiary alicyclic amines) is 1. The number of hydrogen-bond donors (Lipinski definition) is 3. The van der Waals surface area contributed by atoms with Gasteiger partial charge in [-0.1, -0.05) is 24.3 Å². The number of aliphatic hydroxyl groups excluding tert-OH is 1. The molecule has 0 aliphatic carbocycles. The zero-order chi connectivity index (χ0) is 23.2. The first-order chi connectivity index (χ1) is 16.0. The summed E-state index contributed by atoms with van der Waals surface area (Å²) in [5.74, 6) is 0.348. The highest BCUT2D eigenvalue weighted by atomic mass is 16.3. The Balaban J connectivity index is 1.23. The Hall–Kier alpha value is -3.04. The van der Waals surface area contributed by atoms with Gasteiger partial charge in [0.05, 0.1) is 6.10 Å². The number of β-amino-alcohol motifs (C(OH)–C–C–N with tert-alkyl or cyclic N) is 1. The van der Waals surface area contributed by atoms with Gasteiger partial charge in [0.2, 0.25) is 5.91 Å². The molecule has 2 amide bonds. The van der Waals surface area contributed by atoms with Crippen LogP contribution in [-0.4, -0.2) is 81.6 Å². The third-order valence-corrected chi connectivity index (χ3v) is 6.37. The molecule has 2 aliphatic heterocycles. The van der Waals surface area contributed by atoms with Gasteiger partial charge in [0.15, 0.2) is 0 Å². The first-order valence-corrected chi connectivity index (χ1v) is 11.6. The second-order valence-electron chi connectivity index (χ2n) is 8.83. The number of rotatable bonds is 7. The summed E-state index contributed by atoms with van der Waals surface area (Å²) in [6, 6.07) is 10.2. The Morgan fingerprint density at radius 1 is 1.15 bits per heavy atom. The maximum atomic E-state index is 12.6. The summed E-state index contributed by atoms with van der Waals surface area (Å²) < 4.78 is 0. The van der Waals surface area contributed by atoms with Crippen LogP contribution in [0, 0.1) is 0 Å². The van der Waals surface area contributed by atoms with Gasteiger partial charge in [-0.2, -0.15) is 0 Å². The summed E-state index contributed by atoms with van der Waals surface area (Å²) in [7, 11) is 0. The normalized spacial score (nSPS) is 17.8. The van der Waals surface area contributed by atoms with E-state index in [2.05, 4.69) is 43.7 Å². The van der Waals surface area contributed by atoms with E-state index in [1.165, 1.54) is 17.5 Å². The molecule has 0 radical (unpaired) electrons. The number of carbonyl (C=O) groups is 2. The molecule has 1 atom stereocenters. The van der Waals surface area contributed by atoms with Gasteiger partial charge in [-0.15, -0.1) is 0 Å². The van der Waals surface area contributed by atoms with Crippen molar-refractivity contribution in [3.8, 4) is 0 Å². The molecule has 0 spiro atoms. The van der Waals surface area contributed by atoms with E-state index in [1.807, 2.05) is 11.0 Å². The number of hydrogen-bond acceptors (Lipinski definition) is 7. The lowest BCUT2D eigenvalue weighted by Crippen LogP contribution is -2.42. The first-order valence-electron chi connectivity index (χ1n) is 11.6. The molecule has 0 bridgehead atoms. The molecule has 9 nitrogen and oxygen atoms in total. The van der Waals surface area contributed by atoms with Crippen LogP contribution in [0.5, 0.6) is 0 Å². The minimum atomic E-state index is -0.662. The molecular formula is C24H32N6O3. The van der Waals surface area contributed by atoms with E-state index < -0.39 is 6.10 Å². The Morgan fingerprint density at radius 3 is 2.67 bits per heavy atom. The number of nitrogens with one attached hydrogen (secondary N) is 2. The fourth-order valence-corrected chi connectivity index (χ4v) is 4.48. The molecule has 2 aliphatic rings. The smallest absolute Gasteiger partial charge is 0.270 e. The highest BCUT2D eigenvalue weighted by molar-refractivity contribution is 5.92. The fourth-order valence-electron chi connectivity index (χ4n) is 4.48. The molecule has 1 fully saturated rings. The van der Waals surface area contributed by atoms with E-state index in [0.29, 0.717) is 25.5 Å². The molecule has 1 aromatic carbocycles. The van der Waals surface area contributed by atoms with E-state index in [1.54, 1.807) is 13.0 Å². The lowest BCUT2D eigenvalue weighted by molar-refractivity contribution is -0.129. The molecule has 3 heterocycles. The predicted octanol–water partition coefficient (Wildman–Crippen LogP) is 1.05. The monoisotopic (exact) mass is 452 g/mol. The van der Waals surface area contributed by atoms with Crippen LogP contribution < -0.4 is 10.6 Å². The van der Waals surface area contributed by atoms with E-state index in [9.17, 15) is 14.7 Å². The second-order valence-corrected chi connectivity index (χ2v) is 8.83. The fraction of sp³-hybridized carbons (Fsp3) is 0.500. The van der Waals surface area contributed by atoms with E-state index in [0.717, 1.165) is 32.4 Å². The number of aliphatic hydroxyl groups is 1. The first kappa shape index (κ1) is 23.1. The van der Waals surface area contributed by atoms with Crippen LogP contribution in [0.1, 0.15) is 41.4 Å². The van der Waals surface area contributed by atoms with E-state index in [-0.39, 0.29) is 30.1 Å². The summed E-state index contributed by atoms with van der Waals surface area (Å²) in [6.07, 6.45) is 3.34. The van der Waals surface area contributed by atoms with Crippen molar-refractivity contribution >= 4 is 17.6 Å². The minimum Gasteiger partial charge on any atom is -0.390 e. The van der Waals surface area contributed by atoms with Gasteiger partial charge in [0, 0.05) is 58.3 Å². The molecule has 2 aromatic rings. The summed E-state index contributed by atoms with van der Waals surface area (Å²) in [6.45, 7) is 5.39. The molecule has 1 aromatic heterocycles. The van der Waals surface area contributed by atoms with E-state index in [4.69, 9.17) is 0 Å². The Labute approximate surface area is 194 Å². The van der Waals surface area contributed by atoms with Crippen molar-refractivity contribution in [2.75, 3.05) is 38.0 Å². The second kappa shape index (κ2) is 10.7. The topological polar surface area (TPSA) is 111 Å². The average Bonchev–Trinajstić information content (AvgIpc) is 2.83. The van der Waals surface area contributed by atoms with E-state index >= 15 is 0 Å². The summed E-state index contributed by atoms with van der Waals surface area (Å²) in [5, 5.41) is 16.6. The number of carbonyl (C=O) groups excluding carboxylic acids is 2. The molecule has 0 saturated carbocycles. The quantitative estimate of drug-likeness (QED) is 0.576. The molecule has 33 heavy (non-hydrogen) atoms. The number of benzene rings is 1. The predicted molar refractivity (Wildman–Crippen MR) is 125 cm³/mol. The third-order valence-electron chi connectivity index (χ3n) is 6.37. The van der Waals surface area contributed by atoms with Crippen LogP contribution in [0.25, 0.3) is 0 Å². The highest BCUT2D eigenvalue weighted by Crippen LogP contribution is 2.18. The SMILES string of the molecule is CC(=O)N1CCC(Nc2cc(C(=O)NCC(O)CN3CCc4ccccc4C3)ncn2)CC1. The Morgan fingerprint density at radius 2 is 1.91 bits per heavy atom. The van der Waals surface area contributed by atoms with Gasteiger partial charge in [-0.05, 0) is 30.4 Å². The molecule has 176 valence electrons. The average molecular weight is 453 g/mol. The van der Waals surface area contributed by atoms with Crippen molar-refractivity contribution in [3.05, 3.63) is 53.5 Å². The minimum absolute atomic E-state index is 0.0988. The van der Waals surface area contributed by atoms with Crippen LogP contribution in [-0.2, 0) is 17.8 Å². The van der Waals surface area contributed by atoms with Gasteiger partial charge < -0.3 is 20.6 Å². The number of amides is 2. The van der Waals surface area contributed by atoms with Crippen molar-refractivity contribution in [2.45, 2.75) is 44.9 Å². The van der Waals surface area contributed by atoms with Gasteiger partial charge in [-0.3, -0.25) is 14.5 Å². The maximum Gasteiger partial charge on any atom is 0.270 e. The van der Waals surface area contributed by atoms with Crippen LogP contribution in [0.2, 0.25) is 0 Å². The zero-order valence-electron chi connectivity index (χ0n) is 19.0.